The van der Waals surface area contributed by atoms with Crippen molar-refractivity contribution < 1.29 is 17.6 Å². The van der Waals surface area contributed by atoms with Crippen LogP contribution in [0.25, 0.3) is 0 Å². The van der Waals surface area contributed by atoms with E-state index in [1.807, 2.05) is 11.6 Å². The molecule has 126 valence electrons. The number of amides is 1. The van der Waals surface area contributed by atoms with E-state index in [1.54, 1.807) is 6.92 Å². The molecule has 9 heteroatoms. The molecule has 0 saturated heterocycles. The topological polar surface area (TPSA) is 101 Å². The van der Waals surface area contributed by atoms with E-state index in [-0.39, 0.29) is 23.8 Å². The molecule has 0 aromatic heterocycles. The number of halogens is 2. The second kappa shape index (κ2) is 7.75. The number of nitrogens with two attached hydrogens (primary N) is 1. The highest BCUT2D eigenvalue weighted by atomic mass is 35.5. The zero-order chi connectivity index (χ0) is 16.3. The second-order valence-electron chi connectivity index (χ2n) is 5.19. The van der Waals surface area contributed by atoms with Gasteiger partial charge in [0.15, 0.2) is 0 Å². The average molecular weight is 354 g/mol. The Labute approximate surface area is 136 Å². The van der Waals surface area contributed by atoms with Crippen molar-refractivity contribution in [3.63, 3.8) is 0 Å². The number of hydrogen-bond acceptors (Lipinski definition) is 4. The average Bonchev–Trinajstić information content (AvgIpc) is 2.31. The first-order chi connectivity index (χ1) is 9.55. The van der Waals surface area contributed by atoms with Gasteiger partial charge in [-0.15, -0.1) is 12.4 Å². The SMILES string of the molecule is CCCC(C)(N)C(=O)Nc1ccc(F)c(NS(C)(=O)=O)c1.Cl. The first-order valence-corrected chi connectivity index (χ1v) is 8.32. The van der Waals surface area contributed by atoms with E-state index in [0.717, 1.165) is 18.7 Å². The van der Waals surface area contributed by atoms with Gasteiger partial charge in [-0.3, -0.25) is 9.52 Å². The monoisotopic (exact) mass is 353 g/mol. The molecule has 0 heterocycles. The number of benzene rings is 1. The Bertz CT molecular complexity index is 635. The summed E-state index contributed by atoms with van der Waals surface area (Å²) in [6, 6.07) is 3.61. The molecule has 1 aromatic carbocycles. The molecule has 22 heavy (non-hydrogen) atoms. The van der Waals surface area contributed by atoms with Crippen molar-refractivity contribution in [2.45, 2.75) is 32.2 Å². The molecule has 4 N–H and O–H groups in total. The van der Waals surface area contributed by atoms with Crippen LogP contribution in [0.2, 0.25) is 0 Å². The van der Waals surface area contributed by atoms with Crippen molar-refractivity contribution in [3.05, 3.63) is 24.0 Å². The van der Waals surface area contributed by atoms with Crippen LogP contribution in [0.4, 0.5) is 15.8 Å². The molecule has 1 unspecified atom stereocenters. The molecule has 0 fully saturated rings. The lowest BCUT2D eigenvalue weighted by Gasteiger charge is -2.23. The fourth-order valence-corrected chi connectivity index (χ4v) is 2.34. The third-order valence-electron chi connectivity index (χ3n) is 2.81. The molecule has 0 aliphatic carbocycles. The number of nitrogens with one attached hydrogen (secondary N) is 2. The maximum Gasteiger partial charge on any atom is 0.244 e. The Morgan fingerprint density at radius 3 is 2.50 bits per heavy atom. The van der Waals surface area contributed by atoms with Crippen LogP contribution in [0.1, 0.15) is 26.7 Å². The number of anilines is 2. The Hall–Kier alpha value is -1.38. The molecule has 1 amide bonds. The minimum absolute atomic E-state index is 0. The molecule has 0 aliphatic heterocycles. The zero-order valence-electron chi connectivity index (χ0n) is 12.6. The number of hydrogen-bond donors (Lipinski definition) is 3. The summed E-state index contributed by atoms with van der Waals surface area (Å²) in [6.45, 7) is 3.51. The predicted octanol–water partition coefficient (Wildman–Crippen LogP) is 2.07. The Balaban J connectivity index is 0.00000441. The van der Waals surface area contributed by atoms with E-state index < -0.39 is 27.3 Å². The van der Waals surface area contributed by atoms with Gasteiger partial charge in [0.1, 0.15) is 5.82 Å². The third kappa shape index (κ3) is 6.17. The molecule has 1 rings (SSSR count). The van der Waals surface area contributed by atoms with Gasteiger partial charge in [-0.05, 0) is 31.5 Å². The van der Waals surface area contributed by atoms with Gasteiger partial charge in [-0.25, -0.2) is 12.8 Å². The summed E-state index contributed by atoms with van der Waals surface area (Å²) in [5, 5.41) is 2.55. The highest BCUT2D eigenvalue weighted by Crippen LogP contribution is 2.21. The largest absolute Gasteiger partial charge is 0.324 e. The van der Waals surface area contributed by atoms with Crippen LogP contribution in [-0.4, -0.2) is 26.1 Å². The number of carbonyl (C=O) groups excluding carboxylic acids is 1. The minimum Gasteiger partial charge on any atom is -0.324 e. The fraction of sp³-hybridized carbons (Fsp3) is 0.462. The summed E-state index contributed by atoms with van der Waals surface area (Å²) in [7, 11) is -3.61. The summed E-state index contributed by atoms with van der Waals surface area (Å²) in [5.74, 6) is -1.15. The summed E-state index contributed by atoms with van der Waals surface area (Å²) >= 11 is 0. The van der Waals surface area contributed by atoms with Crippen LogP contribution in [0.3, 0.4) is 0 Å². The Morgan fingerprint density at radius 2 is 2.00 bits per heavy atom. The van der Waals surface area contributed by atoms with Crippen molar-refractivity contribution >= 4 is 39.7 Å². The van der Waals surface area contributed by atoms with E-state index in [4.69, 9.17) is 5.73 Å². The number of sulfonamides is 1. The van der Waals surface area contributed by atoms with Crippen LogP contribution in [0.15, 0.2) is 18.2 Å². The third-order valence-corrected chi connectivity index (χ3v) is 3.40. The molecule has 0 saturated carbocycles. The lowest BCUT2D eigenvalue weighted by atomic mass is 9.96. The smallest absolute Gasteiger partial charge is 0.244 e. The van der Waals surface area contributed by atoms with E-state index in [1.165, 1.54) is 12.1 Å². The molecule has 0 radical (unpaired) electrons. The van der Waals surface area contributed by atoms with Gasteiger partial charge in [-0.2, -0.15) is 0 Å². The maximum atomic E-state index is 13.5. The molecule has 0 spiro atoms. The summed E-state index contributed by atoms with van der Waals surface area (Å²) in [6.07, 6.45) is 2.15. The van der Waals surface area contributed by atoms with E-state index in [9.17, 15) is 17.6 Å². The van der Waals surface area contributed by atoms with Crippen molar-refractivity contribution in [1.82, 2.24) is 0 Å². The van der Waals surface area contributed by atoms with E-state index in [2.05, 4.69) is 5.32 Å². The van der Waals surface area contributed by atoms with Crippen LogP contribution in [0, 0.1) is 5.82 Å². The van der Waals surface area contributed by atoms with Crippen molar-refractivity contribution in [2.75, 3.05) is 16.3 Å². The lowest BCUT2D eigenvalue weighted by Crippen LogP contribution is -2.48. The van der Waals surface area contributed by atoms with Gasteiger partial charge in [-0.1, -0.05) is 13.3 Å². The summed E-state index contributed by atoms with van der Waals surface area (Å²) in [5.41, 5.74) is 4.87. The lowest BCUT2D eigenvalue weighted by molar-refractivity contribution is -0.120. The molecule has 0 bridgehead atoms. The molecular formula is C13H21ClFN3O3S. The van der Waals surface area contributed by atoms with Crippen LogP contribution in [0.5, 0.6) is 0 Å². The Kier molecular flexibility index (Phi) is 7.27. The van der Waals surface area contributed by atoms with Crippen molar-refractivity contribution in [1.29, 1.82) is 0 Å². The van der Waals surface area contributed by atoms with Crippen LogP contribution in [-0.2, 0) is 14.8 Å². The summed E-state index contributed by atoms with van der Waals surface area (Å²) in [4.78, 5) is 12.0. The van der Waals surface area contributed by atoms with E-state index in [0.29, 0.717) is 6.42 Å². The number of rotatable bonds is 6. The first-order valence-electron chi connectivity index (χ1n) is 6.43. The van der Waals surface area contributed by atoms with E-state index >= 15 is 0 Å². The molecular weight excluding hydrogens is 333 g/mol. The molecule has 0 aliphatic rings. The van der Waals surface area contributed by atoms with Gasteiger partial charge in [0, 0.05) is 5.69 Å². The molecule has 1 atom stereocenters. The second-order valence-corrected chi connectivity index (χ2v) is 6.94. The fourth-order valence-electron chi connectivity index (χ4n) is 1.79. The standard InChI is InChI=1S/C13H20FN3O3S.ClH/c1-4-7-13(2,15)12(18)16-9-5-6-10(14)11(8-9)17-21(3,19)20;/h5-6,8,17H,4,7,15H2,1-3H3,(H,16,18);1H. The van der Waals surface area contributed by atoms with Gasteiger partial charge in [0.25, 0.3) is 0 Å². The highest BCUT2D eigenvalue weighted by Gasteiger charge is 2.27. The minimum atomic E-state index is -3.61. The predicted molar refractivity (Wildman–Crippen MR) is 88.2 cm³/mol. The van der Waals surface area contributed by atoms with Gasteiger partial charge < -0.3 is 11.1 Å². The van der Waals surface area contributed by atoms with Gasteiger partial charge in [0.05, 0.1) is 17.5 Å². The normalized spacial score (nSPS) is 13.7. The van der Waals surface area contributed by atoms with Gasteiger partial charge >= 0.3 is 0 Å². The number of carbonyl (C=O) groups is 1. The quantitative estimate of drug-likeness (QED) is 0.728. The maximum absolute atomic E-state index is 13.5. The molecule has 1 aromatic rings. The Morgan fingerprint density at radius 1 is 1.41 bits per heavy atom. The van der Waals surface area contributed by atoms with Gasteiger partial charge in [0.2, 0.25) is 15.9 Å². The van der Waals surface area contributed by atoms with Crippen molar-refractivity contribution in [3.8, 4) is 0 Å². The molecule has 6 nitrogen and oxygen atoms in total. The van der Waals surface area contributed by atoms with Crippen LogP contribution >= 0.6 is 12.4 Å². The summed E-state index contributed by atoms with van der Waals surface area (Å²) < 4.78 is 37.9. The first kappa shape index (κ1) is 20.6. The zero-order valence-corrected chi connectivity index (χ0v) is 14.3. The highest BCUT2D eigenvalue weighted by molar-refractivity contribution is 7.92. The van der Waals surface area contributed by atoms with Crippen LogP contribution < -0.4 is 15.8 Å². The van der Waals surface area contributed by atoms with Crippen molar-refractivity contribution in [2.24, 2.45) is 5.73 Å².